The molecular formula is C16H15N7O2S. The largest absolute Gasteiger partial charge is 0.288 e. The van der Waals surface area contributed by atoms with Crippen molar-refractivity contribution in [3.63, 3.8) is 0 Å². The molecule has 0 bridgehead atoms. The van der Waals surface area contributed by atoms with Crippen LogP contribution in [0.1, 0.15) is 35.0 Å². The van der Waals surface area contributed by atoms with Gasteiger partial charge < -0.3 is 0 Å². The minimum atomic E-state index is -0.436. The Bertz CT molecular complexity index is 1150. The molecule has 10 heteroatoms. The first-order valence-electron chi connectivity index (χ1n) is 8.15. The standard InChI is InChI=1S/C16H15N7O2S/c1-2-3-4-10-7-11-14(26-10)17-12-6-5-9(8-23(12)15(11)25)13(24)18-16-19-21-22-20-16/h5-8H,2-4H2,1H3,(H2,18,19,20,21,22,24). The van der Waals surface area contributed by atoms with Gasteiger partial charge in [-0.3, -0.25) is 19.3 Å². The van der Waals surface area contributed by atoms with Gasteiger partial charge in [-0.25, -0.2) is 4.98 Å². The lowest BCUT2D eigenvalue weighted by molar-refractivity contribution is 0.102. The van der Waals surface area contributed by atoms with Crippen LogP contribution in [0.25, 0.3) is 15.9 Å². The van der Waals surface area contributed by atoms with Gasteiger partial charge in [0.1, 0.15) is 10.5 Å². The molecule has 4 aromatic rings. The summed E-state index contributed by atoms with van der Waals surface area (Å²) in [5.74, 6) is -0.372. The molecule has 4 rings (SSSR count). The summed E-state index contributed by atoms with van der Waals surface area (Å²) in [7, 11) is 0. The van der Waals surface area contributed by atoms with Gasteiger partial charge in [0.2, 0.25) is 0 Å². The lowest BCUT2D eigenvalue weighted by atomic mass is 10.2. The minimum Gasteiger partial charge on any atom is -0.288 e. The molecule has 2 N–H and O–H groups in total. The molecular weight excluding hydrogens is 354 g/mol. The fraction of sp³-hybridized carbons (Fsp3) is 0.250. The topological polar surface area (TPSA) is 118 Å². The molecule has 0 aliphatic carbocycles. The molecule has 0 atom stereocenters. The Morgan fingerprint density at radius 1 is 1.38 bits per heavy atom. The molecule has 0 saturated heterocycles. The van der Waals surface area contributed by atoms with Crippen molar-refractivity contribution in [1.82, 2.24) is 30.0 Å². The number of carbonyl (C=O) groups is 1. The number of hydrogen-bond donors (Lipinski definition) is 2. The summed E-state index contributed by atoms with van der Waals surface area (Å²) in [4.78, 5) is 31.5. The molecule has 132 valence electrons. The van der Waals surface area contributed by atoms with Crippen LogP contribution >= 0.6 is 11.3 Å². The summed E-state index contributed by atoms with van der Waals surface area (Å²) in [6.45, 7) is 2.13. The number of aryl methyl sites for hydroxylation is 1. The number of unbranched alkanes of at least 4 members (excludes halogenated alkanes) is 1. The molecule has 4 heterocycles. The Labute approximate surface area is 151 Å². The van der Waals surface area contributed by atoms with Crippen molar-refractivity contribution >= 4 is 39.1 Å². The van der Waals surface area contributed by atoms with Crippen LogP contribution in [0.3, 0.4) is 0 Å². The summed E-state index contributed by atoms with van der Waals surface area (Å²) in [5.41, 5.74) is 0.618. The predicted molar refractivity (Wildman–Crippen MR) is 97.6 cm³/mol. The predicted octanol–water partition coefficient (Wildman–Crippen LogP) is 2.02. The van der Waals surface area contributed by atoms with E-state index >= 15 is 0 Å². The van der Waals surface area contributed by atoms with Crippen molar-refractivity contribution in [3.05, 3.63) is 45.2 Å². The Hall–Kier alpha value is -3.14. The summed E-state index contributed by atoms with van der Waals surface area (Å²) >= 11 is 1.55. The number of thiophene rings is 1. The van der Waals surface area contributed by atoms with Crippen LogP contribution in [0.4, 0.5) is 5.95 Å². The number of rotatable bonds is 5. The lowest BCUT2D eigenvalue weighted by Crippen LogP contribution is -2.18. The van der Waals surface area contributed by atoms with E-state index in [1.807, 2.05) is 6.07 Å². The van der Waals surface area contributed by atoms with Gasteiger partial charge in [0.15, 0.2) is 0 Å². The van der Waals surface area contributed by atoms with Gasteiger partial charge in [0.05, 0.1) is 10.9 Å². The first-order chi connectivity index (χ1) is 12.7. The average molecular weight is 369 g/mol. The quantitative estimate of drug-likeness (QED) is 0.556. The number of aromatic nitrogens is 6. The molecule has 4 aromatic heterocycles. The van der Waals surface area contributed by atoms with Crippen molar-refractivity contribution in [2.75, 3.05) is 5.32 Å². The van der Waals surface area contributed by atoms with Gasteiger partial charge in [-0.15, -0.1) is 16.4 Å². The summed E-state index contributed by atoms with van der Waals surface area (Å²) in [6, 6.07) is 5.16. The maximum absolute atomic E-state index is 12.8. The van der Waals surface area contributed by atoms with Crippen molar-refractivity contribution in [1.29, 1.82) is 0 Å². The average Bonchev–Trinajstić information content (AvgIpc) is 3.29. The zero-order chi connectivity index (χ0) is 18.1. The number of fused-ring (bicyclic) bond motifs is 2. The zero-order valence-corrected chi connectivity index (χ0v) is 14.7. The normalized spacial score (nSPS) is 11.3. The van der Waals surface area contributed by atoms with E-state index in [-0.39, 0.29) is 11.5 Å². The zero-order valence-electron chi connectivity index (χ0n) is 13.9. The molecule has 26 heavy (non-hydrogen) atoms. The van der Waals surface area contributed by atoms with E-state index in [1.54, 1.807) is 23.5 Å². The Morgan fingerprint density at radius 2 is 2.27 bits per heavy atom. The molecule has 0 saturated carbocycles. The summed E-state index contributed by atoms with van der Waals surface area (Å²) in [6.07, 6.45) is 4.59. The van der Waals surface area contributed by atoms with E-state index in [1.165, 1.54) is 10.6 Å². The second kappa shape index (κ2) is 6.64. The van der Waals surface area contributed by atoms with E-state index in [2.05, 4.69) is 37.8 Å². The molecule has 9 nitrogen and oxygen atoms in total. The highest BCUT2D eigenvalue weighted by atomic mass is 32.1. The van der Waals surface area contributed by atoms with Gasteiger partial charge in [-0.1, -0.05) is 18.4 Å². The monoisotopic (exact) mass is 369 g/mol. The fourth-order valence-corrected chi connectivity index (χ4v) is 3.71. The molecule has 0 aliphatic heterocycles. The van der Waals surface area contributed by atoms with Gasteiger partial charge in [-0.05, 0) is 36.3 Å². The Kier molecular flexibility index (Phi) is 4.17. The highest BCUT2D eigenvalue weighted by Crippen LogP contribution is 2.23. The smallest absolute Gasteiger partial charge is 0.270 e. The maximum atomic E-state index is 12.8. The molecule has 0 unspecified atom stereocenters. The van der Waals surface area contributed by atoms with Gasteiger partial charge >= 0.3 is 0 Å². The molecule has 0 radical (unpaired) electrons. The number of tetrazole rings is 1. The minimum absolute atomic E-state index is 0.0643. The molecule has 0 fully saturated rings. The van der Waals surface area contributed by atoms with Crippen LogP contribution in [0, 0.1) is 0 Å². The third-order valence-corrected chi connectivity index (χ3v) is 5.05. The first-order valence-corrected chi connectivity index (χ1v) is 8.97. The number of pyridine rings is 1. The number of nitrogens with one attached hydrogen (secondary N) is 2. The van der Waals surface area contributed by atoms with Crippen LogP contribution in [0.5, 0.6) is 0 Å². The van der Waals surface area contributed by atoms with Crippen LogP contribution in [0.15, 0.2) is 29.2 Å². The third kappa shape index (κ3) is 2.94. The number of nitrogens with zero attached hydrogens (tertiary/aromatic N) is 5. The van der Waals surface area contributed by atoms with E-state index in [4.69, 9.17) is 0 Å². The first kappa shape index (κ1) is 16.3. The van der Waals surface area contributed by atoms with E-state index < -0.39 is 5.91 Å². The highest BCUT2D eigenvalue weighted by Gasteiger charge is 2.13. The van der Waals surface area contributed by atoms with Crippen LogP contribution < -0.4 is 10.9 Å². The molecule has 1 amide bonds. The van der Waals surface area contributed by atoms with E-state index in [9.17, 15) is 9.59 Å². The van der Waals surface area contributed by atoms with Gasteiger partial charge in [-0.2, -0.15) is 5.21 Å². The number of carbonyl (C=O) groups excluding carboxylic acids is 1. The van der Waals surface area contributed by atoms with E-state index in [0.717, 1.165) is 29.0 Å². The van der Waals surface area contributed by atoms with Crippen LogP contribution in [0.2, 0.25) is 0 Å². The van der Waals surface area contributed by atoms with Crippen molar-refractivity contribution in [2.24, 2.45) is 0 Å². The Morgan fingerprint density at radius 3 is 3.04 bits per heavy atom. The van der Waals surface area contributed by atoms with Crippen LogP contribution in [-0.2, 0) is 6.42 Å². The van der Waals surface area contributed by atoms with Gasteiger partial charge in [0.25, 0.3) is 17.4 Å². The number of amides is 1. The van der Waals surface area contributed by atoms with Crippen molar-refractivity contribution in [3.8, 4) is 0 Å². The van der Waals surface area contributed by atoms with Crippen molar-refractivity contribution < 1.29 is 4.79 Å². The lowest BCUT2D eigenvalue weighted by Gasteiger charge is -2.04. The number of hydrogen-bond acceptors (Lipinski definition) is 7. The fourth-order valence-electron chi connectivity index (χ4n) is 2.65. The summed E-state index contributed by atoms with van der Waals surface area (Å²) < 4.78 is 1.39. The third-order valence-electron chi connectivity index (χ3n) is 3.97. The Balaban J connectivity index is 1.74. The highest BCUT2D eigenvalue weighted by molar-refractivity contribution is 7.18. The van der Waals surface area contributed by atoms with Crippen molar-refractivity contribution in [2.45, 2.75) is 26.2 Å². The maximum Gasteiger partial charge on any atom is 0.270 e. The number of anilines is 1. The molecule has 0 spiro atoms. The SMILES string of the molecule is CCCCc1cc2c(=O)n3cc(C(=O)Nc4nn[nH]n4)ccc3nc2s1. The number of aromatic amines is 1. The van der Waals surface area contributed by atoms with E-state index in [0.29, 0.717) is 16.6 Å². The summed E-state index contributed by atoms with van der Waals surface area (Å²) in [5, 5.41) is 16.0. The van der Waals surface area contributed by atoms with Crippen LogP contribution in [-0.4, -0.2) is 35.9 Å². The number of H-pyrrole nitrogens is 1. The molecule has 0 aliphatic rings. The second-order valence-corrected chi connectivity index (χ2v) is 6.90. The molecule has 0 aromatic carbocycles. The van der Waals surface area contributed by atoms with Gasteiger partial charge in [0, 0.05) is 11.1 Å². The second-order valence-electron chi connectivity index (χ2n) is 5.79.